The molecule has 1 fully saturated rings. The first-order valence-electron chi connectivity index (χ1n) is 12.2. The molecule has 0 saturated carbocycles. The average Bonchev–Trinajstić information content (AvgIpc) is 3.32. The smallest absolute Gasteiger partial charge is 0.231 e. The highest BCUT2D eigenvalue weighted by Crippen LogP contribution is 2.34. The Bertz CT molecular complexity index is 1240. The summed E-state index contributed by atoms with van der Waals surface area (Å²) in [5, 5.41) is 3.39. The highest BCUT2D eigenvalue weighted by Gasteiger charge is 2.30. The predicted octanol–water partition coefficient (Wildman–Crippen LogP) is 4.04. The van der Waals surface area contributed by atoms with Crippen LogP contribution in [0.4, 0.5) is 17.5 Å². The summed E-state index contributed by atoms with van der Waals surface area (Å²) in [6, 6.07) is 16.0. The summed E-state index contributed by atoms with van der Waals surface area (Å²) in [6.07, 6.45) is 1.34. The summed E-state index contributed by atoms with van der Waals surface area (Å²) in [7, 11) is 0. The number of carbonyl (C=O) groups is 1. The molecule has 8 heteroatoms. The topological polar surface area (TPSA) is 79.8 Å². The predicted molar refractivity (Wildman–Crippen MR) is 134 cm³/mol. The number of Topliss-reactive ketones (excluding diaryl/α,β-unsaturated/α-hetero) is 1. The van der Waals surface area contributed by atoms with Gasteiger partial charge in [0.2, 0.25) is 12.7 Å². The first kappa shape index (κ1) is 21.9. The van der Waals surface area contributed by atoms with Crippen molar-refractivity contribution in [1.29, 1.82) is 0 Å². The maximum absolute atomic E-state index is 12.9. The van der Waals surface area contributed by atoms with Gasteiger partial charge >= 0.3 is 0 Å². The summed E-state index contributed by atoms with van der Waals surface area (Å²) in [5.41, 5.74) is 3.64. The van der Waals surface area contributed by atoms with Crippen LogP contribution < -0.4 is 19.7 Å². The lowest BCUT2D eigenvalue weighted by Crippen LogP contribution is -2.46. The third-order valence-electron chi connectivity index (χ3n) is 6.86. The minimum absolute atomic E-state index is 0.122. The van der Waals surface area contributed by atoms with Gasteiger partial charge in [-0.1, -0.05) is 31.2 Å². The van der Waals surface area contributed by atoms with Crippen LogP contribution in [-0.2, 0) is 13.0 Å². The molecule has 1 aromatic heterocycles. The van der Waals surface area contributed by atoms with Crippen molar-refractivity contribution in [2.45, 2.75) is 26.3 Å². The molecule has 0 bridgehead atoms. The van der Waals surface area contributed by atoms with Crippen LogP contribution in [0.25, 0.3) is 0 Å². The van der Waals surface area contributed by atoms with Crippen molar-refractivity contribution in [1.82, 2.24) is 14.9 Å². The maximum Gasteiger partial charge on any atom is 0.231 e. The summed E-state index contributed by atoms with van der Waals surface area (Å²) < 4.78 is 10.9. The molecule has 2 aliphatic heterocycles. The van der Waals surface area contributed by atoms with Crippen molar-refractivity contribution in [3.05, 3.63) is 65.4 Å². The second kappa shape index (κ2) is 9.19. The van der Waals surface area contributed by atoms with Crippen LogP contribution in [0.15, 0.2) is 48.5 Å². The first-order valence-corrected chi connectivity index (χ1v) is 12.2. The van der Waals surface area contributed by atoms with Crippen molar-refractivity contribution < 1.29 is 14.3 Å². The Kier molecular flexibility index (Phi) is 5.74. The van der Waals surface area contributed by atoms with E-state index in [9.17, 15) is 4.79 Å². The molecule has 3 aromatic rings. The lowest BCUT2D eigenvalue weighted by molar-refractivity contribution is 0.0952. The monoisotopic (exact) mass is 471 g/mol. The number of piperazine rings is 1. The van der Waals surface area contributed by atoms with E-state index in [1.54, 1.807) is 0 Å². The van der Waals surface area contributed by atoms with E-state index < -0.39 is 0 Å². The van der Waals surface area contributed by atoms with Gasteiger partial charge in [-0.25, -0.2) is 4.98 Å². The van der Waals surface area contributed by atoms with Gasteiger partial charge in [-0.15, -0.1) is 0 Å². The van der Waals surface area contributed by atoms with E-state index in [4.69, 9.17) is 19.4 Å². The number of anilines is 3. The van der Waals surface area contributed by atoms with Gasteiger partial charge in [-0.05, 0) is 42.2 Å². The van der Waals surface area contributed by atoms with E-state index in [-0.39, 0.29) is 5.78 Å². The number of nitrogens with one attached hydrogen (secondary N) is 1. The van der Waals surface area contributed by atoms with Gasteiger partial charge in [0.15, 0.2) is 17.3 Å². The van der Waals surface area contributed by atoms with Crippen molar-refractivity contribution in [3.63, 3.8) is 0 Å². The normalized spacial score (nSPS) is 19.5. The van der Waals surface area contributed by atoms with Gasteiger partial charge in [-0.3, -0.25) is 9.69 Å². The number of hydrogen-bond acceptors (Lipinski definition) is 8. The van der Waals surface area contributed by atoms with Crippen LogP contribution in [0.1, 0.15) is 35.0 Å². The summed E-state index contributed by atoms with van der Waals surface area (Å²) >= 11 is 0. The van der Waals surface area contributed by atoms with E-state index in [1.807, 2.05) is 36.4 Å². The zero-order valence-corrected chi connectivity index (χ0v) is 19.9. The van der Waals surface area contributed by atoms with E-state index >= 15 is 0 Å². The zero-order chi connectivity index (χ0) is 23.8. The molecule has 0 amide bonds. The minimum atomic E-state index is 0.122. The quantitative estimate of drug-likeness (QED) is 0.597. The molecular formula is C27H29N5O3. The van der Waals surface area contributed by atoms with Gasteiger partial charge < -0.3 is 19.7 Å². The number of ether oxygens (including phenoxy) is 2. The Balaban J connectivity index is 1.20. The van der Waals surface area contributed by atoms with Crippen LogP contribution in [0.3, 0.4) is 0 Å². The van der Waals surface area contributed by atoms with Gasteiger partial charge in [0, 0.05) is 44.8 Å². The highest BCUT2D eigenvalue weighted by atomic mass is 16.7. The molecule has 180 valence electrons. The average molecular weight is 472 g/mol. The van der Waals surface area contributed by atoms with Gasteiger partial charge in [0.1, 0.15) is 5.82 Å². The molecule has 2 aromatic carbocycles. The Hall–Kier alpha value is -3.65. The Labute approximate surface area is 204 Å². The standard InChI is InChI=1S/C27H29N5O3/c1-18-13-21-25(22(33)14-18)26(28-20-5-3-2-4-6-20)30-27(29-21)32-11-9-31(10-12-32)16-19-7-8-23-24(15-19)35-17-34-23/h2-8,15,18H,9-14,16-17H2,1H3,(H,28,29,30). The molecule has 8 nitrogen and oxygen atoms in total. The van der Waals surface area contributed by atoms with Crippen LogP contribution >= 0.6 is 0 Å². The molecule has 1 saturated heterocycles. The van der Waals surface area contributed by atoms with E-state index in [0.29, 0.717) is 36.5 Å². The SMILES string of the molecule is CC1CC(=O)c2c(nc(N3CCN(Cc4ccc5c(c4)OCO5)CC3)nc2Nc2ccccc2)C1. The summed E-state index contributed by atoms with van der Waals surface area (Å²) in [4.78, 5) is 27.3. The number of carbonyl (C=O) groups excluding carboxylic acids is 1. The third kappa shape index (κ3) is 4.53. The number of para-hydroxylation sites is 1. The van der Waals surface area contributed by atoms with E-state index in [1.165, 1.54) is 5.56 Å². The molecule has 1 N–H and O–H groups in total. The van der Waals surface area contributed by atoms with Crippen LogP contribution in [0.2, 0.25) is 0 Å². The van der Waals surface area contributed by atoms with Crippen LogP contribution in [0.5, 0.6) is 11.5 Å². The molecule has 6 rings (SSSR count). The molecule has 1 unspecified atom stereocenters. The van der Waals surface area contributed by atoms with Gasteiger partial charge in [0.25, 0.3) is 0 Å². The summed E-state index contributed by atoms with van der Waals surface area (Å²) in [6.45, 7) is 6.75. The molecular weight excluding hydrogens is 442 g/mol. The molecule has 0 spiro atoms. The van der Waals surface area contributed by atoms with Crippen LogP contribution in [0, 0.1) is 5.92 Å². The Morgan fingerprint density at radius 3 is 2.60 bits per heavy atom. The van der Waals surface area contributed by atoms with Crippen molar-refractivity contribution in [3.8, 4) is 11.5 Å². The second-order valence-electron chi connectivity index (χ2n) is 9.57. The number of rotatable bonds is 5. The molecule has 1 aliphatic carbocycles. The van der Waals surface area contributed by atoms with Crippen molar-refractivity contribution in [2.24, 2.45) is 5.92 Å². The molecule has 35 heavy (non-hydrogen) atoms. The number of hydrogen-bond donors (Lipinski definition) is 1. The third-order valence-corrected chi connectivity index (χ3v) is 6.86. The fourth-order valence-corrected chi connectivity index (χ4v) is 5.05. The van der Waals surface area contributed by atoms with Gasteiger partial charge in [-0.2, -0.15) is 4.98 Å². The lowest BCUT2D eigenvalue weighted by Gasteiger charge is -2.35. The molecule has 3 aliphatic rings. The number of benzene rings is 2. The minimum Gasteiger partial charge on any atom is -0.454 e. The molecule has 3 heterocycles. The van der Waals surface area contributed by atoms with Gasteiger partial charge in [0.05, 0.1) is 11.3 Å². The molecule has 1 atom stereocenters. The lowest BCUT2D eigenvalue weighted by atomic mass is 9.87. The maximum atomic E-state index is 12.9. The largest absolute Gasteiger partial charge is 0.454 e. The van der Waals surface area contributed by atoms with Crippen molar-refractivity contribution >= 4 is 23.2 Å². The van der Waals surface area contributed by atoms with Crippen molar-refractivity contribution in [2.75, 3.05) is 43.2 Å². The first-order chi connectivity index (χ1) is 17.1. The van der Waals surface area contributed by atoms with Crippen LogP contribution in [-0.4, -0.2) is 53.6 Å². The fraction of sp³-hybridized carbons (Fsp3) is 0.370. The number of nitrogens with zero attached hydrogens (tertiary/aromatic N) is 4. The molecule has 0 radical (unpaired) electrons. The fourth-order valence-electron chi connectivity index (χ4n) is 5.05. The Morgan fingerprint density at radius 2 is 1.77 bits per heavy atom. The highest BCUT2D eigenvalue weighted by molar-refractivity contribution is 6.03. The summed E-state index contributed by atoms with van der Waals surface area (Å²) in [5.74, 6) is 3.38. The zero-order valence-electron chi connectivity index (χ0n) is 19.9. The number of fused-ring (bicyclic) bond motifs is 2. The number of ketones is 1. The Morgan fingerprint density at radius 1 is 0.971 bits per heavy atom. The van der Waals surface area contributed by atoms with E-state index in [2.05, 4.69) is 34.2 Å². The second-order valence-corrected chi connectivity index (χ2v) is 9.57. The number of aromatic nitrogens is 2. The van der Waals surface area contributed by atoms with E-state index in [0.717, 1.165) is 62.0 Å².